The van der Waals surface area contributed by atoms with Gasteiger partial charge in [-0.15, -0.1) is 0 Å². The fourth-order valence-electron chi connectivity index (χ4n) is 3.53. The van der Waals surface area contributed by atoms with Crippen molar-refractivity contribution < 1.29 is 9.13 Å². The molecule has 0 amide bonds. The Morgan fingerprint density at radius 1 is 1.00 bits per heavy atom. The number of hydrogen-bond donors (Lipinski definition) is 1. The summed E-state index contributed by atoms with van der Waals surface area (Å²) in [6, 6.07) is 13.4. The van der Waals surface area contributed by atoms with E-state index < -0.39 is 5.82 Å². The van der Waals surface area contributed by atoms with Crippen LogP contribution in [0.25, 0.3) is 11.2 Å². The number of fused-ring (bicyclic) bond motifs is 1. The number of aromatic nitrogens is 6. The molecule has 0 spiro atoms. The summed E-state index contributed by atoms with van der Waals surface area (Å²) in [7, 11) is 0. The highest BCUT2D eigenvalue weighted by atomic mass is 35.5. The lowest BCUT2D eigenvalue weighted by molar-refractivity contribution is 0.442. The molecule has 0 saturated carbocycles. The molecule has 0 radical (unpaired) electrons. The first kappa shape index (κ1) is 22.5. The van der Waals surface area contributed by atoms with Gasteiger partial charge in [-0.05, 0) is 36.8 Å². The molecule has 4 heterocycles. The van der Waals surface area contributed by atoms with Crippen molar-refractivity contribution >= 4 is 34.4 Å². The molecule has 9 nitrogen and oxygen atoms in total. The zero-order valence-electron chi connectivity index (χ0n) is 18.5. The molecule has 35 heavy (non-hydrogen) atoms. The number of imidazole rings is 1. The molecule has 0 aliphatic heterocycles. The van der Waals surface area contributed by atoms with Crippen molar-refractivity contribution in [3.05, 3.63) is 94.0 Å². The van der Waals surface area contributed by atoms with Gasteiger partial charge in [-0.25, -0.2) is 19.3 Å². The smallest absolute Gasteiger partial charge is 0.300 e. The van der Waals surface area contributed by atoms with Crippen LogP contribution in [0.4, 0.5) is 16.0 Å². The number of aryl methyl sites for hydroxylation is 1. The van der Waals surface area contributed by atoms with E-state index in [0.29, 0.717) is 40.9 Å². The van der Waals surface area contributed by atoms with Crippen molar-refractivity contribution in [2.24, 2.45) is 0 Å². The standard InChI is InChI=1S/C24H19ClFN7O2/c1-2-32-14-29-22-21(32)23(34)31-24(33(22)13-15-3-5-16(25)6-4-15)30-18-8-10-20(28-12-18)35-19-9-7-17(26)11-27-19/h3-12,14H,2,13H2,1H3,(H,30,31,34). The predicted molar refractivity (Wildman–Crippen MR) is 130 cm³/mol. The average molecular weight is 492 g/mol. The first-order chi connectivity index (χ1) is 17.0. The minimum Gasteiger partial charge on any atom is -0.421 e. The molecule has 0 atom stereocenters. The molecule has 0 saturated heterocycles. The topological polar surface area (TPSA) is 99.8 Å². The summed E-state index contributed by atoms with van der Waals surface area (Å²) in [5.74, 6) is 0.352. The van der Waals surface area contributed by atoms with E-state index in [1.807, 2.05) is 23.6 Å². The number of halogens is 2. The van der Waals surface area contributed by atoms with Gasteiger partial charge in [0.15, 0.2) is 11.2 Å². The molecule has 5 rings (SSSR count). The van der Waals surface area contributed by atoms with Crippen molar-refractivity contribution in [2.75, 3.05) is 5.32 Å². The minimum atomic E-state index is -0.456. The Labute approximate surface area is 203 Å². The van der Waals surface area contributed by atoms with Crippen LogP contribution in [-0.4, -0.2) is 29.1 Å². The predicted octanol–water partition coefficient (Wildman–Crippen LogP) is 4.78. The maximum Gasteiger partial charge on any atom is 0.300 e. The highest BCUT2D eigenvalue weighted by Crippen LogP contribution is 2.23. The van der Waals surface area contributed by atoms with Crippen LogP contribution in [0.2, 0.25) is 5.02 Å². The summed E-state index contributed by atoms with van der Waals surface area (Å²) >= 11 is 6.04. The van der Waals surface area contributed by atoms with Gasteiger partial charge in [0.05, 0.1) is 31.0 Å². The van der Waals surface area contributed by atoms with Gasteiger partial charge in [0.2, 0.25) is 17.7 Å². The molecule has 176 valence electrons. The quantitative estimate of drug-likeness (QED) is 0.349. The molecule has 1 N–H and O–H groups in total. The number of nitrogens with one attached hydrogen (secondary N) is 1. The fraction of sp³-hybridized carbons (Fsp3) is 0.125. The van der Waals surface area contributed by atoms with Crippen LogP contribution in [0.15, 0.2) is 72.0 Å². The van der Waals surface area contributed by atoms with E-state index >= 15 is 0 Å². The lowest BCUT2D eigenvalue weighted by atomic mass is 10.2. The van der Waals surface area contributed by atoms with E-state index in [0.717, 1.165) is 11.8 Å². The Balaban J connectivity index is 1.47. The molecular weight excluding hydrogens is 473 g/mol. The molecule has 4 aromatic heterocycles. The average Bonchev–Trinajstić information content (AvgIpc) is 3.30. The van der Waals surface area contributed by atoms with Crippen LogP contribution in [-0.2, 0) is 13.1 Å². The largest absolute Gasteiger partial charge is 0.421 e. The Kier molecular flexibility index (Phi) is 6.11. The molecule has 0 bridgehead atoms. The van der Waals surface area contributed by atoms with Crippen LogP contribution in [0.1, 0.15) is 12.5 Å². The number of anilines is 2. The summed E-state index contributed by atoms with van der Waals surface area (Å²) in [5, 5.41) is 3.79. The van der Waals surface area contributed by atoms with Crippen molar-refractivity contribution in [2.45, 2.75) is 20.0 Å². The highest BCUT2D eigenvalue weighted by Gasteiger charge is 2.16. The summed E-state index contributed by atoms with van der Waals surface area (Å²) in [4.78, 5) is 29.7. The second kappa shape index (κ2) is 9.51. The summed E-state index contributed by atoms with van der Waals surface area (Å²) in [5.41, 5.74) is 2.10. The van der Waals surface area contributed by atoms with Crippen LogP contribution in [0, 0.1) is 5.82 Å². The summed E-state index contributed by atoms with van der Waals surface area (Å²) < 4.78 is 22.2. The van der Waals surface area contributed by atoms with Gasteiger partial charge in [0, 0.05) is 23.7 Å². The zero-order valence-corrected chi connectivity index (χ0v) is 19.3. The van der Waals surface area contributed by atoms with Gasteiger partial charge in [0.1, 0.15) is 5.82 Å². The van der Waals surface area contributed by atoms with Gasteiger partial charge < -0.3 is 14.6 Å². The van der Waals surface area contributed by atoms with Crippen molar-refractivity contribution in [3.8, 4) is 11.8 Å². The number of pyridine rings is 2. The van der Waals surface area contributed by atoms with Crippen molar-refractivity contribution in [3.63, 3.8) is 0 Å². The van der Waals surface area contributed by atoms with Gasteiger partial charge in [0.25, 0.3) is 0 Å². The third-order valence-corrected chi connectivity index (χ3v) is 5.49. The van der Waals surface area contributed by atoms with E-state index in [1.165, 1.54) is 18.3 Å². The Morgan fingerprint density at radius 2 is 1.74 bits per heavy atom. The SMILES string of the molecule is CCn1cnc2c1c(=O)nc(Nc1ccc(Oc3ccc(F)cn3)nc1)n2Cc1ccc(Cl)cc1. The van der Waals surface area contributed by atoms with Crippen molar-refractivity contribution in [1.29, 1.82) is 0 Å². The molecule has 0 fully saturated rings. The minimum absolute atomic E-state index is 0.218. The molecule has 0 aliphatic carbocycles. The van der Waals surface area contributed by atoms with E-state index in [9.17, 15) is 9.18 Å². The molecule has 0 aliphatic rings. The Hall–Kier alpha value is -4.31. The van der Waals surface area contributed by atoms with Crippen LogP contribution < -0.4 is 15.6 Å². The second-order valence-corrected chi connectivity index (χ2v) is 8.02. The number of rotatable bonds is 7. The Morgan fingerprint density at radius 3 is 2.40 bits per heavy atom. The van der Waals surface area contributed by atoms with Gasteiger partial charge >= 0.3 is 5.56 Å². The first-order valence-electron chi connectivity index (χ1n) is 10.7. The molecule has 1 aromatic carbocycles. The molecule has 0 unspecified atom stereocenters. The zero-order chi connectivity index (χ0) is 24.4. The number of ether oxygens (including phenoxy) is 1. The third kappa shape index (κ3) is 4.82. The normalized spacial score (nSPS) is 11.1. The third-order valence-electron chi connectivity index (χ3n) is 5.24. The lowest BCUT2D eigenvalue weighted by Gasteiger charge is -2.15. The van der Waals surface area contributed by atoms with Crippen LogP contribution >= 0.6 is 11.6 Å². The van der Waals surface area contributed by atoms with E-state index in [2.05, 4.69) is 25.3 Å². The number of benzene rings is 1. The highest BCUT2D eigenvalue weighted by molar-refractivity contribution is 6.30. The maximum atomic E-state index is 13.0. The first-order valence-corrected chi connectivity index (χ1v) is 11.1. The number of nitrogens with zero attached hydrogens (tertiary/aromatic N) is 6. The number of hydrogen-bond acceptors (Lipinski definition) is 7. The van der Waals surface area contributed by atoms with Crippen LogP contribution in [0.5, 0.6) is 11.8 Å². The summed E-state index contributed by atoms with van der Waals surface area (Å²) in [6.45, 7) is 2.94. The van der Waals surface area contributed by atoms with Crippen LogP contribution in [0.3, 0.4) is 0 Å². The Bertz CT molecular complexity index is 1530. The molecule has 11 heteroatoms. The fourth-order valence-corrected chi connectivity index (χ4v) is 3.65. The van der Waals surface area contributed by atoms with E-state index in [4.69, 9.17) is 16.3 Å². The lowest BCUT2D eigenvalue weighted by Crippen LogP contribution is -2.20. The van der Waals surface area contributed by atoms with E-state index in [-0.39, 0.29) is 17.3 Å². The maximum absolute atomic E-state index is 13.0. The molecular formula is C24H19ClFN7O2. The van der Waals surface area contributed by atoms with Gasteiger partial charge in [-0.3, -0.25) is 9.36 Å². The van der Waals surface area contributed by atoms with Gasteiger partial charge in [-0.2, -0.15) is 4.98 Å². The van der Waals surface area contributed by atoms with Gasteiger partial charge in [-0.1, -0.05) is 23.7 Å². The van der Waals surface area contributed by atoms with E-state index in [1.54, 1.807) is 35.2 Å². The summed E-state index contributed by atoms with van der Waals surface area (Å²) in [6.07, 6.45) is 4.23. The molecule has 5 aromatic rings. The monoisotopic (exact) mass is 491 g/mol. The van der Waals surface area contributed by atoms with Crippen molar-refractivity contribution in [1.82, 2.24) is 29.1 Å². The second-order valence-electron chi connectivity index (χ2n) is 7.58.